The molecule has 1 aliphatic heterocycles. The maximum atomic E-state index is 13.4. The number of anilines is 1. The number of halogens is 2. The van der Waals surface area contributed by atoms with Crippen molar-refractivity contribution < 1.29 is 22.0 Å². The smallest absolute Gasteiger partial charge is 0.319 e. The molecule has 39 heavy (non-hydrogen) atoms. The molecule has 206 valence electrons. The van der Waals surface area contributed by atoms with E-state index in [1.54, 1.807) is 25.9 Å². The van der Waals surface area contributed by atoms with Crippen molar-refractivity contribution in [1.29, 1.82) is 5.26 Å². The lowest BCUT2D eigenvalue weighted by molar-refractivity contribution is 0.150. The van der Waals surface area contributed by atoms with Crippen molar-refractivity contribution in [3.63, 3.8) is 0 Å². The molecule has 1 N–H and O–H groups in total. The van der Waals surface area contributed by atoms with Crippen LogP contribution in [0.2, 0.25) is 0 Å². The minimum Gasteiger partial charge on any atom is -0.366 e. The van der Waals surface area contributed by atoms with E-state index in [4.69, 9.17) is 0 Å². The zero-order valence-corrected chi connectivity index (χ0v) is 23.0. The molecule has 2 aliphatic rings. The van der Waals surface area contributed by atoms with Gasteiger partial charge in [-0.3, -0.25) is 0 Å². The molecule has 0 spiro atoms. The van der Waals surface area contributed by atoms with Gasteiger partial charge in [-0.25, -0.2) is 32.0 Å². The second kappa shape index (κ2) is 9.88. The van der Waals surface area contributed by atoms with E-state index in [9.17, 15) is 27.3 Å². The summed E-state index contributed by atoms with van der Waals surface area (Å²) >= 11 is 0.669. The zero-order chi connectivity index (χ0) is 28.1. The van der Waals surface area contributed by atoms with Crippen molar-refractivity contribution in [2.45, 2.75) is 36.6 Å². The second-order valence-electron chi connectivity index (χ2n) is 9.65. The Hall–Kier alpha value is -3.55. The SMILES string of the molecule is Cc1nc(-c2nnc(C(F)F)s2)c2cc(S(=O)(=O)NC3(C#N)CC3)cc(N3CCN(C(=O)N(C)C)CC3)c2n1. The number of aromatic nitrogens is 4. The Morgan fingerprint density at radius 3 is 2.44 bits per heavy atom. The van der Waals surface area contributed by atoms with Crippen LogP contribution in [0, 0.1) is 18.3 Å². The van der Waals surface area contributed by atoms with E-state index in [0.717, 1.165) is 0 Å². The number of amides is 2. The fourth-order valence-electron chi connectivity index (χ4n) is 4.38. The van der Waals surface area contributed by atoms with Gasteiger partial charge in [0.25, 0.3) is 6.43 Å². The van der Waals surface area contributed by atoms with E-state index < -0.39 is 27.0 Å². The monoisotopic (exact) mass is 577 g/mol. The van der Waals surface area contributed by atoms with Crippen LogP contribution in [0.3, 0.4) is 0 Å². The van der Waals surface area contributed by atoms with Gasteiger partial charge in [-0.2, -0.15) is 9.98 Å². The third kappa shape index (κ3) is 5.21. The Balaban J connectivity index is 1.65. The quantitative estimate of drug-likeness (QED) is 0.467. The number of nitrogens with zero attached hydrogens (tertiary/aromatic N) is 8. The second-order valence-corrected chi connectivity index (χ2v) is 12.3. The van der Waals surface area contributed by atoms with Crippen LogP contribution in [0.15, 0.2) is 17.0 Å². The molecule has 1 saturated carbocycles. The van der Waals surface area contributed by atoms with Crippen LogP contribution in [0.4, 0.5) is 19.3 Å². The number of aryl methyl sites for hydroxylation is 1. The predicted molar refractivity (Wildman–Crippen MR) is 139 cm³/mol. The maximum absolute atomic E-state index is 13.4. The number of sulfonamides is 1. The van der Waals surface area contributed by atoms with Crippen molar-refractivity contribution >= 4 is 44.0 Å². The molecule has 3 heterocycles. The third-order valence-electron chi connectivity index (χ3n) is 6.57. The first kappa shape index (κ1) is 27.0. The summed E-state index contributed by atoms with van der Waals surface area (Å²) in [7, 11) is -0.807. The molecule has 1 saturated heterocycles. The van der Waals surface area contributed by atoms with Gasteiger partial charge in [-0.05, 0) is 31.9 Å². The predicted octanol–water partition coefficient (Wildman–Crippen LogP) is 2.53. The van der Waals surface area contributed by atoms with Crippen LogP contribution in [-0.2, 0) is 10.0 Å². The molecule has 16 heteroatoms. The van der Waals surface area contributed by atoms with Crippen LogP contribution in [-0.4, -0.2) is 90.2 Å². The number of urea groups is 1. The number of alkyl halides is 2. The fourth-order valence-corrected chi connectivity index (χ4v) is 6.50. The highest BCUT2D eigenvalue weighted by Crippen LogP contribution is 2.39. The summed E-state index contributed by atoms with van der Waals surface area (Å²) in [5.74, 6) is 0.337. The number of piperazine rings is 1. The van der Waals surface area contributed by atoms with E-state index >= 15 is 0 Å². The van der Waals surface area contributed by atoms with Crippen molar-refractivity contribution in [3.8, 4) is 16.8 Å². The molecule has 12 nitrogen and oxygen atoms in total. The largest absolute Gasteiger partial charge is 0.366 e. The average Bonchev–Trinajstić information content (AvgIpc) is 3.48. The first-order valence-electron chi connectivity index (χ1n) is 12.0. The van der Waals surface area contributed by atoms with Gasteiger partial charge in [-0.1, -0.05) is 11.3 Å². The Morgan fingerprint density at radius 1 is 1.18 bits per heavy atom. The summed E-state index contributed by atoms with van der Waals surface area (Å²) < 4.78 is 55.9. The van der Waals surface area contributed by atoms with E-state index in [1.165, 1.54) is 17.0 Å². The molecule has 1 aromatic carbocycles. The Bertz CT molecular complexity index is 1590. The van der Waals surface area contributed by atoms with E-state index in [-0.39, 0.29) is 21.6 Å². The lowest BCUT2D eigenvalue weighted by Crippen LogP contribution is -2.51. The van der Waals surface area contributed by atoms with Crippen LogP contribution in [0.25, 0.3) is 21.6 Å². The molecule has 0 unspecified atom stereocenters. The zero-order valence-electron chi connectivity index (χ0n) is 21.3. The first-order valence-corrected chi connectivity index (χ1v) is 14.3. The number of rotatable bonds is 6. The highest BCUT2D eigenvalue weighted by molar-refractivity contribution is 7.89. The summed E-state index contributed by atoms with van der Waals surface area (Å²) in [6.45, 7) is 3.25. The molecular weight excluding hydrogens is 552 g/mol. The molecule has 5 rings (SSSR count). The number of fused-ring (bicyclic) bond motifs is 1. The molecule has 1 aliphatic carbocycles. The van der Waals surface area contributed by atoms with Crippen LogP contribution < -0.4 is 9.62 Å². The molecule has 3 aromatic rings. The van der Waals surface area contributed by atoms with E-state index in [1.807, 2.05) is 11.0 Å². The minimum absolute atomic E-state index is 0.103. The summed E-state index contributed by atoms with van der Waals surface area (Å²) in [6, 6.07) is 4.76. The molecular formula is C23H25F2N9O3S2. The van der Waals surface area contributed by atoms with Gasteiger partial charge < -0.3 is 14.7 Å². The van der Waals surface area contributed by atoms with Crippen molar-refractivity contribution in [3.05, 3.63) is 23.0 Å². The number of carbonyl (C=O) groups is 1. The van der Waals surface area contributed by atoms with Gasteiger partial charge in [0.05, 0.1) is 22.2 Å². The fraction of sp³-hybridized carbons (Fsp3) is 0.478. The highest BCUT2D eigenvalue weighted by Gasteiger charge is 2.47. The van der Waals surface area contributed by atoms with Gasteiger partial charge in [0.1, 0.15) is 17.1 Å². The van der Waals surface area contributed by atoms with E-state index in [2.05, 4.69) is 24.9 Å². The summed E-state index contributed by atoms with van der Waals surface area (Å²) in [4.78, 5) is 26.4. The normalized spacial score (nSPS) is 16.9. The molecule has 0 radical (unpaired) electrons. The Morgan fingerprint density at radius 2 is 1.87 bits per heavy atom. The van der Waals surface area contributed by atoms with Crippen LogP contribution in [0.1, 0.15) is 30.1 Å². The minimum atomic E-state index is -4.15. The number of carbonyl (C=O) groups excluding carboxylic acids is 1. The third-order valence-corrected chi connectivity index (χ3v) is 9.03. The lowest BCUT2D eigenvalue weighted by atomic mass is 10.1. The number of benzene rings is 1. The van der Waals surface area contributed by atoms with Gasteiger partial charge in [0.2, 0.25) is 10.0 Å². The molecule has 0 bridgehead atoms. The van der Waals surface area contributed by atoms with Crippen molar-refractivity contribution in [2.75, 3.05) is 45.2 Å². The van der Waals surface area contributed by atoms with Gasteiger partial charge in [0, 0.05) is 45.7 Å². The molecule has 2 fully saturated rings. The number of nitrogens with one attached hydrogen (secondary N) is 1. The summed E-state index contributed by atoms with van der Waals surface area (Å²) in [5, 5.41) is 16.8. The van der Waals surface area contributed by atoms with Crippen LogP contribution in [0.5, 0.6) is 0 Å². The average molecular weight is 578 g/mol. The number of nitriles is 1. The Kier molecular flexibility index (Phi) is 6.85. The molecule has 2 amide bonds. The van der Waals surface area contributed by atoms with E-state index in [0.29, 0.717) is 72.8 Å². The Labute approximate surface area is 227 Å². The lowest BCUT2D eigenvalue weighted by Gasteiger charge is -2.37. The first-order chi connectivity index (χ1) is 18.4. The van der Waals surface area contributed by atoms with Crippen LogP contribution >= 0.6 is 11.3 Å². The standard InChI is InChI=1S/C23H25F2N9O3S2/c1-13-27-17-15(18(28-13)20-29-30-21(38-20)19(24)25)10-14(39(36,37)31-23(12-26)4-5-23)11-16(17)33-6-8-34(9-7-33)22(35)32(2)3/h10-11,19,31H,4-9H2,1-3H3. The molecule has 0 atom stereocenters. The summed E-state index contributed by atoms with van der Waals surface area (Å²) in [5.41, 5.74) is -0.0662. The summed E-state index contributed by atoms with van der Waals surface area (Å²) in [6.07, 6.45) is -2.01. The number of hydrogen-bond acceptors (Lipinski definition) is 10. The van der Waals surface area contributed by atoms with Gasteiger partial charge in [-0.15, -0.1) is 10.2 Å². The van der Waals surface area contributed by atoms with Gasteiger partial charge >= 0.3 is 6.03 Å². The topological polar surface area (TPSA) is 148 Å². The number of hydrogen-bond donors (Lipinski definition) is 1. The van der Waals surface area contributed by atoms with Crippen molar-refractivity contribution in [1.82, 2.24) is 34.7 Å². The molecule has 2 aromatic heterocycles. The highest BCUT2D eigenvalue weighted by atomic mass is 32.2. The van der Waals surface area contributed by atoms with Gasteiger partial charge in [0.15, 0.2) is 10.0 Å². The van der Waals surface area contributed by atoms with Crippen molar-refractivity contribution in [2.24, 2.45) is 0 Å². The maximum Gasteiger partial charge on any atom is 0.319 e.